The van der Waals surface area contributed by atoms with Gasteiger partial charge in [0.1, 0.15) is 12.9 Å². The van der Waals surface area contributed by atoms with Gasteiger partial charge in [-0.25, -0.2) is 0 Å². The van der Waals surface area contributed by atoms with Gasteiger partial charge >= 0.3 is 11.9 Å². The Morgan fingerprint density at radius 1 is 0.914 bits per heavy atom. The molecule has 2 aromatic carbocycles. The summed E-state index contributed by atoms with van der Waals surface area (Å²) in [5.41, 5.74) is -0.0388. The summed E-state index contributed by atoms with van der Waals surface area (Å²) in [7, 11) is 0. The molecule has 0 aromatic heterocycles. The van der Waals surface area contributed by atoms with Crippen molar-refractivity contribution in [1.82, 2.24) is 0 Å². The number of non-ortho nitro benzene ring substituents is 2. The fraction of sp³-hybridized carbons (Fsp3) is 0.333. The van der Waals surface area contributed by atoms with E-state index >= 15 is 0 Å². The van der Waals surface area contributed by atoms with Crippen LogP contribution in [0, 0.1) is 33.1 Å². The first-order valence-corrected chi connectivity index (χ1v) is 9.49. The molecule has 0 radical (unpaired) electrons. The van der Waals surface area contributed by atoms with Crippen molar-refractivity contribution in [1.29, 1.82) is 0 Å². The number of carbonyl (C=O) groups excluding carboxylic acids is 1. The molecule has 2 N–H and O–H groups in total. The van der Waals surface area contributed by atoms with Crippen molar-refractivity contribution < 1.29 is 35.8 Å². The quantitative estimate of drug-likeness (QED) is 0.154. The molecular formula is C24H34N2O9. The second-order valence-corrected chi connectivity index (χ2v) is 5.89. The summed E-state index contributed by atoms with van der Waals surface area (Å²) in [4.78, 5) is 40.0. The second kappa shape index (κ2) is 22.7. The van der Waals surface area contributed by atoms with Crippen molar-refractivity contribution >= 4 is 23.3 Å². The van der Waals surface area contributed by atoms with Crippen LogP contribution in [-0.2, 0) is 9.59 Å². The second-order valence-electron chi connectivity index (χ2n) is 5.89. The molecule has 11 nitrogen and oxygen atoms in total. The maximum absolute atomic E-state index is 11.1. The van der Waals surface area contributed by atoms with Gasteiger partial charge in [-0.2, -0.15) is 0 Å². The van der Waals surface area contributed by atoms with E-state index in [1.807, 2.05) is 13.8 Å². The van der Waals surface area contributed by atoms with E-state index in [-0.39, 0.29) is 37.9 Å². The Bertz CT molecular complexity index is 942. The van der Waals surface area contributed by atoms with Gasteiger partial charge < -0.3 is 14.9 Å². The Labute approximate surface area is 207 Å². The number of ether oxygens (including phenoxy) is 1. The number of carboxylic acids is 1. The van der Waals surface area contributed by atoms with Gasteiger partial charge in [-0.3, -0.25) is 29.8 Å². The van der Waals surface area contributed by atoms with Gasteiger partial charge in [-0.15, -0.1) is 12.8 Å². The van der Waals surface area contributed by atoms with Gasteiger partial charge in [0.2, 0.25) is 0 Å². The highest BCUT2D eigenvalue weighted by Crippen LogP contribution is 2.18. The Morgan fingerprint density at radius 2 is 1.29 bits per heavy atom. The van der Waals surface area contributed by atoms with Gasteiger partial charge in [-0.1, -0.05) is 28.7 Å². The van der Waals surface area contributed by atoms with Crippen LogP contribution in [0.1, 0.15) is 55.8 Å². The number of phenols is 1. The molecule has 0 saturated carbocycles. The predicted molar refractivity (Wildman–Crippen MR) is 134 cm³/mol. The molecule has 2 aromatic rings. The number of nitrogens with zero attached hydrogens (tertiary/aromatic N) is 2. The zero-order valence-corrected chi connectivity index (χ0v) is 18.2. The minimum absolute atomic E-state index is 0. The zero-order chi connectivity index (χ0) is 26.5. The highest BCUT2D eigenvalue weighted by Gasteiger charge is 2.07. The standard InChI is InChI=1S/C10H11NO4.C6H5NO3.C4H8O2.C2H2.2CH4/c1-2-3-10(12)15-9-6-4-8(5-7-9)11(13)14;8-6-3-1-5(2-4-6)7(9)10;1-2-3-4(5)6;1-2;;/h4-7H,2-3H2,1H3;1-4,8H;2-3H2,1H3,(H,5,6);1-2H;2*1H4/i;;;1D;;. The normalized spacial score (nSPS) is 8.43. The molecule has 0 unspecified atom stereocenters. The number of terminal acetylenes is 1. The summed E-state index contributed by atoms with van der Waals surface area (Å²) in [5.74, 6) is -0.673. The number of phenolic OH excluding ortho intramolecular Hbond substituents is 1. The number of hydrogen-bond acceptors (Lipinski definition) is 8. The molecule has 0 atom stereocenters. The minimum Gasteiger partial charge on any atom is -0.508 e. The fourth-order valence-corrected chi connectivity index (χ4v) is 1.81. The van der Waals surface area contributed by atoms with Crippen LogP contribution in [0.15, 0.2) is 48.5 Å². The first-order valence-electron chi connectivity index (χ1n) is 9.99. The van der Waals surface area contributed by atoms with E-state index in [0.29, 0.717) is 25.0 Å². The average molecular weight is 496 g/mol. The molecule has 0 fully saturated rings. The maximum atomic E-state index is 11.1. The Balaban J connectivity index is -0.000000212. The molecule has 0 aliphatic carbocycles. The van der Waals surface area contributed by atoms with Gasteiger partial charge in [0, 0.05) is 37.1 Å². The number of nitro groups is 2. The third-order valence-electron chi connectivity index (χ3n) is 3.26. The molecule has 11 heteroatoms. The van der Waals surface area contributed by atoms with E-state index in [1.54, 1.807) is 0 Å². The summed E-state index contributed by atoms with van der Waals surface area (Å²) in [6.07, 6.45) is 7.85. The summed E-state index contributed by atoms with van der Waals surface area (Å²) in [6, 6.07) is 10.5. The Morgan fingerprint density at radius 3 is 1.57 bits per heavy atom. The lowest BCUT2D eigenvalue weighted by Crippen LogP contribution is -2.06. The van der Waals surface area contributed by atoms with Crippen LogP contribution in [0.5, 0.6) is 11.5 Å². The summed E-state index contributed by atoms with van der Waals surface area (Å²) >= 11 is 0. The van der Waals surface area contributed by atoms with E-state index in [2.05, 4.69) is 6.42 Å². The highest BCUT2D eigenvalue weighted by molar-refractivity contribution is 5.72. The maximum Gasteiger partial charge on any atom is 0.311 e. The lowest BCUT2D eigenvalue weighted by atomic mass is 10.3. The molecule has 0 heterocycles. The van der Waals surface area contributed by atoms with Crippen molar-refractivity contribution in [3.63, 3.8) is 0 Å². The van der Waals surface area contributed by atoms with Crippen molar-refractivity contribution in [2.75, 3.05) is 0 Å². The average Bonchev–Trinajstić information content (AvgIpc) is 2.76. The molecule has 0 spiro atoms. The molecule has 0 aliphatic heterocycles. The number of carbonyl (C=O) groups is 2. The van der Waals surface area contributed by atoms with E-state index < -0.39 is 15.8 Å². The van der Waals surface area contributed by atoms with Crippen molar-refractivity contribution in [3.8, 4) is 24.3 Å². The fourth-order valence-electron chi connectivity index (χ4n) is 1.81. The number of nitro benzene ring substituents is 2. The van der Waals surface area contributed by atoms with Crippen LogP contribution in [0.3, 0.4) is 0 Å². The number of rotatable bonds is 7. The van der Waals surface area contributed by atoms with Crippen LogP contribution in [-0.4, -0.2) is 32.0 Å². The first kappa shape index (κ1) is 35.1. The summed E-state index contributed by atoms with van der Waals surface area (Å²) in [5, 5.41) is 37.0. The monoisotopic (exact) mass is 495 g/mol. The number of benzene rings is 2. The first-order chi connectivity index (χ1) is 16.0. The topological polar surface area (TPSA) is 170 Å². The summed E-state index contributed by atoms with van der Waals surface area (Å²) in [6.45, 7) is 3.71. The smallest absolute Gasteiger partial charge is 0.311 e. The zero-order valence-electron chi connectivity index (χ0n) is 19.2. The van der Waals surface area contributed by atoms with Crippen LogP contribution >= 0.6 is 0 Å². The van der Waals surface area contributed by atoms with Gasteiger partial charge in [0.25, 0.3) is 11.4 Å². The van der Waals surface area contributed by atoms with E-state index in [4.69, 9.17) is 16.3 Å². The van der Waals surface area contributed by atoms with Crippen LogP contribution in [0.25, 0.3) is 0 Å². The van der Waals surface area contributed by atoms with Crippen LogP contribution < -0.4 is 4.74 Å². The third-order valence-corrected chi connectivity index (χ3v) is 3.26. The molecule has 194 valence electrons. The molecule has 0 saturated heterocycles. The molecule has 2 rings (SSSR count). The van der Waals surface area contributed by atoms with E-state index in [1.165, 1.54) is 54.9 Å². The van der Waals surface area contributed by atoms with E-state index in [0.717, 1.165) is 6.42 Å². The van der Waals surface area contributed by atoms with Crippen LogP contribution in [0.4, 0.5) is 11.4 Å². The largest absolute Gasteiger partial charge is 0.508 e. The predicted octanol–water partition coefficient (Wildman–Crippen LogP) is 5.99. The Hall–Kier alpha value is -4.46. The number of aliphatic carboxylic acids is 1. The number of aromatic hydroxyl groups is 1. The van der Waals surface area contributed by atoms with E-state index in [9.17, 15) is 29.8 Å². The van der Waals surface area contributed by atoms with Gasteiger partial charge in [-0.05, 0) is 37.1 Å². The molecule has 0 aliphatic rings. The number of carboxylic acid groups (broad SMARTS) is 1. The van der Waals surface area contributed by atoms with Gasteiger partial charge in [0.05, 0.1) is 9.85 Å². The SMILES string of the molecule is C.C.CCCC(=O)O.CCCC(=O)Oc1ccc([N+](=O)[O-])cc1.O=[N+]([O-])c1ccc(O)cc1.[2H]C#C. The molecule has 35 heavy (non-hydrogen) atoms. The van der Waals surface area contributed by atoms with Crippen LogP contribution in [0.2, 0.25) is 0 Å². The molecule has 0 bridgehead atoms. The van der Waals surface area contributed by atoms with Gasteiger partial charge in [0.15, 0.2) is 0 Å². The third kappa shape index (κ3) is 19.9. The number of esters is 1. The molecular weight excluding hydrogens is 460 g/mol. The Kier molecular flexibility index (Phi) is 22.8. The van der Waals surface area contributed by atoms with Crippen molar-refractivity contribution in [3.05, 3.63) is 68.8 Å². The molecule has 0 amide bonds. The van der Waals surface area contributed by atoms with Crippen molar-refractivity contribution in [2.24, 2.45) is 0 Å². The minimum atomic E-state index is -0.711. The lowest BCUT2D eigenvalue weighted by Gasteiger charge is -2.02. The summed E-state index contributed by atoms with van der Waals surface area (Å²) < 4.78 is 10.7. The highest BCUT2D eigenvalue weighted by atomic mass is 16.6. The van der Waals surface area contributed by atoms with Crippen molar-refractivity contribution in [2.45, 2.75) is 54.4 Å². The lowest BCUT2D eigenvalue weighted by molar-refractivity contribution is -0.385. The number of hydrogen-bond donors (Lipinski definition) is 2.